The number of alkyl halides is 1. The highest BCUT2D eigenvalue weighted by Gasteiger charge is 2.22. The van der Waals surface area contributed by atoms with Gasteiger partial charge in [0.25, 0.3) is 0 Å². The third-order valence-corrected chi connectivity index (χ3v) is 3.65. The molecule has 0 saturated heterocycles. The lowest BCUT2D eigenvalue weighted by atomic mass is 10.0. The van der Waals surface area contributed by atoms with Crippen molar-refractivity contribution in [1.29, 1.82) is 0 Å². The van der Waals surface area contributed by atoms with Crippen LogP contribution in [0.25, 0.3) is 0 Å². The van der Waals surface area contributed by atoms with Gasteiger partial charge in [0, 0.05) is 4.90 Å². The van der Waals surface area contributed by atoms with Crippen LogP contribution < -0.4 is 0 Å². The summed E-state index contributed by atoms with van der Waals surface area (Å²) in [6, 6.07) is 5.22. The van der Waals surface area contributed by atoms with E-state index in [2.05, 4.69) is 0 Å². The molecule has 1 aromatic rings. The number of ketones is 1. The summed E-state index contributed by atoms with van der Waals surface area (Å²) in [5.41, 5.74) is 0.860. The number of hydrogen-bond acceptors (Lipinski definition) is 4. The summed E-state index contributed by atoms with van der Waals surface area (Å²) in [4.78, 5) is 24.1. The molecular weight excluding hydrogens is 272 g/mol. The molecule has 5 heteroatoms. The molecule has 0 amide bonds. The topological polar surface area (TPSA) is 43.4 Å². The molecule has 18 heavy (non-hydrogen) atoms. The maximum absolute atomic E-state index is 11.8. The Morgan fingerprint density at radius 2 is 2.11 bits per heavy atom. The van der Waals surface area contributed by atoms with Gasteiger partial charge < -0.3 is 4.74 Å². The van der Waals surface area contributed by atoms with Gasteiger partial charge in [-0.05, 0) is 43.9 Å². The number of halogens is 1. The van der Waals surface area contributed by atoms with Crippen LogP contribution in [0.5, 0.6) is 0 Å². The number of rotatable bonds is 5. The van der Waals surface area contributed by atoms with Crippen molar-refractivity contribution in [3.63, 3.8) is 0 Å². The van der Waals surface area contributed by atoms with Crippen LogP contribution in [0.2, 0.25) is 0 Å². The highest BCUT2D eigenvalue weighted by Crippen LogP contribution is 2.29. The van der Waals surface area contributed by atoms with Crippen LogP contribution in [0.1, 0.15) is 35.1 Å². The van der Waals surface area contributed by atoms with Gasteiger partial charge in [0.1, 0.15) is 5.38 Å². The molecule has 0 heterocycles. The molecule has 0 aliphatic heterocycles. The normalized spacial score (nSPS) is 12.0. The summed E-state index contributed by atoms with van der Waals surface area (Å²) in [5.74, 6) is -0.646. The second kappa shape index (κ2) is 6.81. The van der Waals surface area contributed by atoms with Crippen LogP contribution in [0, 0.1) is 0 Å². The Labute approximate surface area is 116 Å². The Bertz CT molecular complexity index is 460. The maximum atomic E-state index is 11.8. The zero-order chi connectivity index (χ0) is 13.7. The average Bonchev–Trinajstić information content (AvgIpc) is 2.37. The third-order valence-electron chi connectivity index (χ3n) is 2.38. The molecule has 1 atom stereocenters. The molecule has 1 rings (SSSR count). The van der Waals surface area contributed by atoms with Gasteiger partial charge in [-0.15, -0.1) is 23.4 Å². The molecule has 1 aromatic carbocycles. The van der Waals surface area contributed by atoms with Gasteiger partial charge in [-0.2, -0.15) is 0 Å². The van der Waals surface area contributed by atoms with Crippen molar-refractivity contribution >= 4 is 35.1 Å². The smallest absolute Gasteiger partial charge is 0.338 e. The molecule has 0 saturated carbocycles. The minimum Gasteiger partial charge on any atom is -0.462 e. The quantitative estimate of drug-likeness (QED) is 0.472. The molecule has 0 spiro atoms. The van der Waals surface area contributed by atoms with E-state index < -0.39 is 11.3 Å². The Balaban J connectivity index is 3.24. The number of benzene rings is 1. The molecule has 0 radical (unpaired) electrons. The fraction of sp³-hybridized carbons (Fsp3) is 0.385. The van der Waals surface area contributed by atoms with Gasteiger partial charge in [0.2, 0.25) is 0 Å². The van der Waals surface area contributed by atoms with Crippen LogP contribution in [0.15, 0.2) is 23.1 Å². The second-order valence-corrected chi connectivity index (χ2v) is 4.96. The minimum atomic E-state index is -0.823. The fourth-order valence-corrected chi connectivity index (χ4v) is 2.12. The van der Waals surface area contributed by atoms with E-state index >= 15 is 0 Å². The number of Topliss-reactive ketones (excluding diaryl/α,β-unsaturated/α-hetero) is 1. The van der Waals surface area contributed by atoms with Gasteiger partial charge in [0.05, 0.1) is 12.2 Å². The molecule has 0 bridgehead atoms. The minimum absolute atomic E-state index is 0.194. The van der Waals surface area contributed by atoms with Crippen LogP contribution in [0.4, 0.5) is 0 Å². The molecule has 3 nitrogen and oxygen atoms in total. The van der Waals surface area contributed by atoms with E-state index in [1.807, 2.05) is 12.3 Å². The largest absolute Gasteiger partial charge is 0.462 e. The highest BCUT2D eigenvalue weighted by molar-refractivity contribution is 7.98. The Morgan fingerprint density at radius 1 is 1.44 bits per heavy atom. The van der Waals surface area contributed by atoms with Crippen LogP contribution in [0.3, 0.4) is 0 Å². The van der Waals surface area contributed by atoms with Crippen LogP contribution in [-0.2, 0) is 9.53 Å². The summed E-state index contributed by atoms with van der Waals surface area (Å²) < 4.78 is 4.96. The average molecular weight is 287 g/mol. The van der Waals surface area contributed by atoms with Crippen LogP contribution >= 0.6 is 23.4 Å². The van der Waals surface area contributed by atoms with Gasteiger partial charge in [-0.3, -0.25) is 4.79 Å². The fourth-order valence-electron chi connectivity index (χ4n) is 1.49. The Morgan fingerprint density at radius 3 is 2.61 bits per heavy atom. The lowest BCUT2D eigenvalue weighted by Gasteiger charge is -2.13. The molecule has 98 valence electrons. The van der Waals surface area contributed by atoms with Crippen molar-refractivity contribution in [3.05, 3.63) is 29.3 Å². The molecule has 0 aliphatic rings. The number of ether oxygens (including phenoxy) is 1. The van der Waals surface area contributed by atoms with E-state index in [0.29, 0.717) is 11.1 Å². The van der Waals surface area contributed by atoms with Crippen molar-refractivity contribution in [3.8, 4) is 0 Å². The first-order valence-corrected chi connectivity index (χ1v) is 7.17. The van der Waals surface area contributed by atoms with E-state index in [-0.39, 0.29) is 12.4 Å². The van der Waals surface area contributed by atoms with Crippen molar-refractivity contribution in [2.24, 2.45) is 0 Å². The summed E-state index contributed by atoms with van der Waals surface area (Å²) in [6.07, 6.45) is 1.92. The summed E-state index contributed by atoms with van der Waals surface area (Å²) in [6.45, 7) is 3.42. The lowest BCUT2D eigenvalue weighted by Crippen LogP contribution is -2.12. The third kappa shape index (κ3) is 3.50. The molecule has 0 aliphatic carbocycles. The molecular formula is C13H15ClO3S. The van der Waals surface area contributed by atoms with Crippen molar-refractivity contribution in [2.45, 2.75) is 24.1 Å². The van der Waals surface area contributed by atoms with E-state index in [1.165, 1.54) is 18.7 Å². The zero-order valence-electron chi connectivity index (χ0n) is 10.5. The van der Waals surface area contributed by atoms with E-state index in [1.54, 1.807) is 19.1 Å². The van der Waals surface area contributed by atoms with E-state index in [9.17, 15) is 9.59 Å². The van der Waals surface area contributed by atoms with Gasteiger partial charge in [-0.25, -0.2) is 4.79 Å². The Hall–Kier alpha value is -1.00. The summed E-state index contributed by atoms with van der Waals surface area (Å²) >= 11 is 7.58. The van der Waals surface area contributed by atoms with Gasteiger partial charge in [-0.1, -0.05) is 0 Å². The SMILES string of the molecule is CCOC(=O)c1ccc(SC)cc1C(Cl)C(C)=O. The highest BCUT2D eigenvalue weighted by atomic mass is 35.5. The number of thioether (sulfide) groups is 1. The first-order valence-electron chi connectivity index (χ1n) is 5.50. The van der Waals surface area contributed by atoms with Crippen LogP contribution in [-0.4, -0.2) is 24.6 Å². The predicted octanol–water partition coefficient (Wildman–Crippen LogP) is 3.45. The monoisotopic (exact) mass is 286 g/mol. The zero-order valence-corrected chi connectivity index (χ0v) is 12.1. The molecule has 1 unspecified atom stereocenters. The van der Waals surface area contributed by atoms with Crippen molar-refractivity contribution in [2.75, 3.05) is 12.9 Å². The van der Waals surface area contributed by atoms with Crippen molar-refractivity contribution in [1.82, 2.24) is 0 Å². The lowest BCUT2D eigenvalue weighted by molar-refractivity contribution is -0.116. The number of carbonyl (C=O) groups is 2. The standard InChI is InChI=1S/C13H15ClO3S/c1-4-17-13(16)10-6-5-9(18-3)7-11(10)12(14)8(2)15/h5-7,12H,4H2,1-3H3. The number of hydrogen-bond donors (Lipinski definition) is 0. The molecule has 0 fully saturated rings. The van der Waals surface area contributed by atoms with Crippen molar-refractivity contribution < 1.29 is 14.3 Å². The maximum Gasteiger partial charge on any atom is 0.338 e. The predicted molar refractivity (Wildman–Crippen MR) is 73.5 cm³/mol. The first-order chi connectivity index (χ1) is 8.51. The summed E-state index contributed by atoms with van der Waals surface area (Å²) in [5, 5.41) is -0.823. The van der Waals surface area contributed by atoms with E-state index in [4.69, 9.17) is 16.3 Å². The Kier molecular flexibility index (Phi) is 5.69. The van der Waals surface area contributed by atoms with Gasteiger partial charge in [0.15, 0.2) is 5.78 Å². The number of carbonyl (C=O) groups excluding carboxylic acids is 2. The first kappa shape index (κ1) is 15.1. The number of esters is 1. The molecule has 0 N–H and O–H groups in total. The summed E-state index contributed by atoms with van der Waals surface area (Å²) in [7, 11) is 0. The van der Waals surface area contributed by atoms with Gasteiger partial charge >= 0.3 is 5.97 Å². The second-order valence-electron chi connectivity index (χ2n) is 3.65. The molecule has 0 aromatic heterocycles. The van der Waals surface area contributed by atoms with E-state index in [0.717, 1.165) is 4.90 Å².